The molecule has 0 spiro atoms. The number of aromatic nitrogens is 3. The SMILES string of the molecule is Cc1sc(NC(=O)Cc2ccc3c(c2)OCO3)nc1-c1ccc2c(c1)CCN2C.Cn1cncc1C=O. The maximum Gasteiger partial charge on any atom is 0.231 e. The molecule has 6 rings (SSSR count). The van der Waals surface area contributed by atoms with Crippen LogP contribution >= 0.6 is 11.3 Å². The number of imidazole rings is 1. The van der Waals surface area contributed by atoms with Gasteiger partial charge in [-0.3, -0.25) is 9.59 Å². The fraction of sp³-hybridized carbons (Fsp3) is 0.259. The number of nitrogens with one attached hydrogen (secondary N) is 1. The molecule has 1 N–H and O–H groups in total. The van der Waals surface area contributed by atoms with E-state index in [1.807, 2.05) is 25.1 Å². The molecule has 9 nitrogen and oxygen atoms in total. The van der Waals surface area contributed by atoms with Crippen molar-refractivity contribution in [3.63, 3.8) is 0 Å². The number of anilines is 2. The summed E-state index contributed by atoms with van der Waals surface area (Å²) in [7, 11) is 3.89. The van der Waals surface area contributed by atoms with E-state index in [1.54, 1.807) is 17.9 Å². The number of fused-ring (bicyclic) bond motifs is 2. The van der Waals surface area contributed by atoms with Gasteiger partial charge in [-0.2, -0.15) is 0 Å². The van der Waals surface area contributed by atoms with E-state index >= 15 is 0 Å². The molecule has 4 heterocycles. The predicted molar refractivity (Wildman–Crippen MR) is 143 cm³/mol. The summed E-state index contributed by atoms with van der Waals surface area (Å²) in [6, 6.07) is 12.1. The molecular weight excluding hydrogens is 490 g/mol. The van der Waals surface area contributed by atoms with E-state index in [1.165, 1.54) is 28.8 Å². The number of thiazole rings is 1. The molecule has 10 heteroatoms. The Bertz CT molecular complexity index is 1460. The molecule has 2 aromatic heterocycles. The van der Waals surface area contributed by atoms with E-state index < -0.39 is 0 Å². The Hall–Kier alpha value is -4.18. The van der Waals surface area contributed by atoms with Crippen molar-refractivity contribution >= 4 is 34.3 Å². The third-order valence-corrected chi connectivity index (χ3v) is 7.19. The van der Waals surface area contributed by atoms with Crippen LogP contribution < -0.4 is 19.7 Å². The van der Waals surface area contributed by atoms with Crippen LogP contribution in [0.2, 0.25) is 0 Å². The summed E-state index contributed by atoms with van der Waals surface area (Å²) in [5, 5.41) is 3.56. The highest BCUT2D eigenvalue weighted by Gasteiger charge is 2.19. The predicted octanol–water partition coefficient (Wildman–Crippen LogP) is 4.25. The number of carbonyl (C=O) groups excluding carboxylic acids is 2. The molecule has 0 atom stereocenters. The van der Waals surface area contributed by atoms with E-state index in [4.69, 9.17) is 14.5 Å². The molecule has 1 amide bonds. The molecule has 0 saturated carbocycles. The van der Waals surface area contributed by atoms with Crippen molar-refractivity contribution < 1.29 is 19.1 Å². The van der Waals surface area contributed by atoms with E-state index in [9.17, 15) is 9.59 Å². The summed E-state index contributed by atoms with van der Waals surface area (Å²) in [6.45, 7) is 3.32. The second-order valence-corrected chi connectivity index (χ2v) is 10.1. The molecule has 0 bridgehead atoms. The van der Waals surface area contributed by atoms with Gasteiger partial charge in [0.1, 0.15) is 5.69 Å². The van der Waals surface area contributed by atoms with Crippen LogP contribution in [0.3, 0.4) is 0 Å². The number of hydrogen-bond donors (Lipinski definition) is 1. The van der Waals surface area contributed by atoms with Crippen molar-refractivity contribution in [2.24, 2.45) is 7.05 Å². The normalized spacial score (nSPS) is 13.1. The average Bonchev–Trinajstić information content (AvgIpc) is 3.67. The fourth-order valence-electron chi connectivity index (χ4n) is 4.31. The van der Waals surface area contributed by atoms with E-state index in [2.05, 4.69) is 40.4 Å². The average molecular weight is 518 g/mol. The number of rotatable bonds is 5. The lowest BCUT2D eigenvalue weighted by Crippen LogP contribution is -2.14. The molecule has 2 aliphatic heterocycles. The minimum atomic E-state index is -0.0975. The van der Waals surface area contributed by atoms with Gasteiger partial charge in [0.15, 0.2) is 22.9 Å². The molecule has 0 fully saturated rings. The molecule has 0 aliphatic carbocycles. The third-order valence-electron chi connectivity index (χ3n) is 6.30. The first-order valence-corrected chi connectivity index (χ1v) is 12.6. The summed E-state index contributed by atoms with van der Waals surface area (Å²) in [4.78, 5) is 34.3. The number of likely N-dealkylation sites (N-methyl/N-ethyl adjacent to an activating group) is 1. The number of carbonyl (C=O) groups is 2. The fourth-order valence-corrected chi connectivity index (χ4v) is 5.16. The zero-order chi connectivity index (χ0) is 25.9. The van der Waals surface area contributed by atoms with Gasteiger partial charge in [0.05, 0.1) is 24.6 Å². The maximum atomic E-state index is 12.5. The molecular formula is C27H27N5O4S. The monoisotopic (exact) mass is 517 g/mol. The Morgan fingerprint density at radius 1 is 1.16 bits per heavy atom. The van der Waals surface area contributed by atoms with Crippen LogP contribution in [0.5, 0.6) is 11.5 Å². The van der Waals surface area contributed by atoms with Crippen LogP contribution in [-0.2, 0) is 24.7 Å². The van der Waals surface area contributed by atoms with Crippen LogP contribution in [0.4, 0.5) is 10.8 Å². The molecule has 0 unspecified atom stereocenters. The number of aldehydes is 1. The highest BCUT2D eigenvalue weighted by Crippen LogP contribution is 2.35. The number of benzene rings is 2. The minimum Gasteiger partial charge on any atom is -0.454 e. The van der Waals surface area contributed by atoms with E-state index in [0.717, 1.165) is 46.7 Å². The van der Waals surface area contributed by atoms with E-state index in [0.29, 0.717) is 16.6 Å². The number of amides is 1. The summed E-state index contributed by atoms with van der Waals surface area (Å²) in [5.74, 6) is 1.31. The Balaban J connectivity index is 0.000000301. The van der Waals surface area contributed by atoms with Gasteiger partial charge in [0.25, 0.3) is 0 Å². The third kappa shape index (κ3) is 5.34. The summed E-state index contributed by atoms with van der Waals surface area (Å²) in [6.07, 6.45) is 5.20. The van der Waals surface area contributed by atoms with Crippen molar-refractivity contribution in [1.29, 1.82) is 0 Å². The highest BCUT2D eigenvalue weighted by molar-refractivity contribution is 7.16. The molecule has 0 saturated heterocycles. The van der Waals surface area contributed by atoms with Gasteiger partial charge in [0, 0.05) is 36.8 Å². The van der Waals surface area contributed by atoms with Gasteiger partial charge >= 0.3 is 0 Å². The number of hydrogen-bond acceptors (Lipinski definition) is 8. The second kappa shape index (κ2) is 10.4. The zero-order valence-electron chi connectivity index (χ0n) is 20.9. The largest absolute Gasteiger partial charge is 0.454 e. The maximum absolute atomic E-state index is 12.5. The Morgan fingerprint density at radius 3 is 2.76 bits per heavy atom. The minimum absolute atomic E-state index is 0.0975. The summed E-state index contributed by atoms with van der Waals surface area (Å²) >= 11 is 1.50. The molecule has 2 aliphatic rings. The zero-order valence-corrected chi connectivity index (χ0v) is 21.7. The Labute approximate surface area is 218 Å². The Morgan fingerprint density at radius 2 is 2.00 bits per heavy atom. The van der Waals surface area contributed by atoms with Gasteiger partial charge in [-0.05, 0) is 48.7 Å². The van der Waals surface area contributed by atoms with Gasteiger partial charge in [-0.1, -0.05) is 12.1 Å². The molecule has 190 valence electrons. The van der Waals surface area contributed by atoms with Crippen LogP contribution in [0.1, 0.15) is 26.5 Å². The van der Waals surface area contributed by atoms with Gasteiger partial charge in [-0.25, -0.2) is 9.97 Å². The number of nitrogens with zero attached hydrogens (tertiary/aromatic N) is 4. The van der Waals surface area contributed by atoms with Crippen molar-refractivity contribution in [3.8, 4) is 22.8 Å². The topological polar surface area (TPSA) is 98.6 Å². The smallest absolute Gasteiger partial charge is 0.231 e. The van der Waals surface area contributed by atoms with Crippen molar-refractivity contribution in [2.45, 2.75) is 19.8 Å². The number of ether oxygens (including phenoxy) is 2. The van der Waals surface area contributed by atoms with E-state index in [-0.39, 0.29) is 19.1 Å². The van der Waals surface area contributed by atoms with Gasteiger partial charge in [-0.15, -0.1) is 11.3 Å². The Kier molecular flexibility index (Phi) is 6.91. The molecule has 4 aromatic rings. The van der Waals surface area contributed by atoms with Gasteiger partial charge < -0.3 is 24.3 Å². The van der Waals surface area contributed by atoms with Crippen LogP contribution in [-0.4, -0.2) is 47.1 Å². The van der Waals surface area contributed by atoms with Crippen molar-refractivity contribution in [3.05, 3.63) is 70.6 Å². The standard InChI is InChI=1S/C22H21N3O3S.C5H6N2O/c1-13-21(16-4-5-17-15(11-16)7-8-25(17)2)24-22(29-13)23-20(26)10-14-3-6-18-19(9-14)28-12-27-18;1-7-4-6-2-5(7)3-8/h3-6,9,11H,7-8,10,12H2,1-2H3,(H,23,24,26);2-4H,1H3. The summed E-state index contributed by atoms with van der Waals surface area (Å²) in [5.41, 5.74) is 6.16. The van der Waals surface area contributed by atoms with Crippen LogP contribution in [0.15, 0.2) is 48.9 Å². The van der Waals surface area contributed by atoms with Crippen LogP contribution in [0.25, 0.3) is 11.3 Å². The highest BCUT2D eigenvalue weighted by atomic mass is 32.1. The first kappa shape index (κ1) is 24.5. The lowest BCUT2D eigenvalue weighted by Gasteiger charge is -2.11. The summed E-state index contributed by atoms with van der Waals surface area (Å²) < 4.78 is 12.3. The van der Waals surface area contributed by atoms with Crippen molar-refractivity contribution in [1.82, 2.24) is 14.5 Å². The number of aryl methyl sites for hydroxylation is 2. The van der Waals surface area contributed by atoms with Gasteiger partial charge in [0.2, 0.25) is 12.7 Å². The molecule has 0 radical (unpaired) electrons. The first-order chi connectivity index (χ1) is 17.9. The molecule has 2 aromatic carbocycles. The second-order valence-electron chi connectivity index (χ2n) is 8.90. The van der Waals surface area contributed by atoms with Crippen LogP contribution in [0, 0.1) is 6.92 Å². The lowest BCUT2D eigenvalue weighted by atomic mass is 10.1. The first-order valence-electron chi connectivity index (χ1n) is 11.8. The quantitative estimate of drug-likeness (QED) is 0.395. The van der Waals surface area contributed by atoms with Crippen molar-refractivity contribution in [2.75, 3.05) is 30.6 Å². The molecule has 37 heavy (non-hydrogen) atoms. The lowest BCUT2D eigenvalue weighted by molar-refractivity contribution is -0.115.